The van der Waals surface area contributed by atoms with E-state index in [4.69, 9.17) is 4.99 Å². The predicted octanol–water partition coefficient (Wildman–Crippen LogP) is 12.1. The number of aromatic nitrogens is 1. The maximum Gasteiger partial charge on any atom is 0.131 e. The molecule has 2 atom stereocenters. The van der Waals surface area contributed by atoms with Gasteiger partial charge >= 0.3 is 0 Å². The van der Waals surface area contributed by atoms with Crippen LogP contribution in [0.5, 0.6) is 0 Å². The first-order valence-corrected chi connectivity index (χ1v) is 19.3. The summed E-state index contributed by atoms with van der Waals surface area (Å²) in [5.74, 6) is 0.882. The average Bonchev–Trinajstić information content (AvgIpc) is 3.50. The zero-order valence-electron chi connectivity index (χ0n) is 29.3. The van der Waals surface area contributed by atoms with E-state index in [0.29, 0.717) is 0 Å². The number of hydrogen-bond donors (Lipinski definition) is 2. The number of rotatable bonds is 4. The van der Waals surface area contributed by atoms with Crippen LogP contribution in [-0.2, 0) is 0 Å². The average molecular weight is 711 g/mol. The maximum atomic E-state index is 5.20. The summed E-state index contributed by atoms with van der Waals surface area (Å²) in [6.07, 6.45) is -0.313. The van der Waals surface area contributed by atoms with Crippen molar-refractivity contribution < 1.29 is 0 Å². The van der Waals surface area contributed by atoms with E-state index in [2.05, 4.69) is 191 Å². The second-order valence-corrected chi connectivity index (χ2v) is 15.1. The highest BCUT2D eigenvalue weighted by molar-refractivity contribution is 7.99. The number of fused-ring (bicyclic) bond motifs is 10. The lowest BCUT2D eigenvalue weighted by Crippen LogP contribution is -2.44. The van der Waals surface area contributed by atoms with Crippen molar-refractivity contribution in [3.05, 3.63) is 199 Å². The Morgan fingerprint density at radius 2 is 1.19 bits per heavy atom. The lowest BCUT2D eigenvalue weighted by Gasteiger charge is -2.32. The Hall–Kier alpha value is -6.40. The number of benzene rings is 8. The van der Waals surface area contributed by atoms with Crippen molar-refractivity contribution >= 4 is 50.2 Å². The SMILES string of the molecule is c1ccc(C2=NC(c3ccc(-n4c5cc6c(cc5c5c7ccccc7ccc54)-c4ccccc4-c4ccccc4S6)cc3)NC(c3ccccc3)N2)cc1. The highest BCUT2D eigenvalue weighted by Crippen LogP contribution is 2.50. The van der Waals surface area contributed by atoms with Crippen molar-refractivity contribution in [1.82, 2.24) is 15.2 Å². The summed E-state index contributed by atoms with van der Waals surface area (Å²) in [7, 11) is 0. The van der Waals surface area contributed by atoms with E-state index in [9.17, 15) is 0 Å². The van der Waals surface area contributed by atoms with Gasteiger partial charge in [-0.25, -0.2) is 4.99 Å². The van der Waals surface area contributed by atoms with E-state index in [1.54, 1.807) is 0 Å². The summed E-state index contributed by atoms with van der Waals surface area (Å²) in [6.45, 7) is 0. The molecule has 0 saturated heterocycles. The molecule has 256 valence electrons. The number of hydrogen-bond acceptors (Lipinski definition) is 4. The van der Waals surface area contributed by atoms with Gasteiger partial charge in [-0.15, -0.1) is 0 Å². The smallest absolute Gasteiger partial charge is 0.131 e. The van der Waals surface area contributed by atoms with Crippen LogP contribution in [0.1, 0.15) is 29.0 Å². The lowest BCUT2D eigenvalue weighted by atomic mass is 9.93. The molecule has 0 spiro atoms. The van der Waals surface area contributed by atoms with E-state index >= 15 is 0 Å². The Bertz CT molecular complexity index is 2910. The van der Waals surface area contributed by atoms with Crippen molar-refractivity contribution in [1.29, 1.82) is 0 Å². The Balaban J connectivity index is 1.09. The van der Waals surface area contributed by atoms with Crippen LogP contribution in [0.25, 0.3) is 60.5 Å². The van der Waals surface area contributed by atoms with Gasteiger partial charge in [-0.3, -0.25) is 5.32 Å². The number of nitrogens with zero attached hydrogens (tertiary/aromatic N) is 2. The van der Waals surface area contributed by atoms with Gasteiger partial charge in [0.2, 0.25) is 0 Å². The zero-order valence-corrected chi connectivity index (χ0v) is 30.1. The fourth-order valence-corrected chi connectivity index (χ4v) is 9.45. The quantitative estimate of drug-likeness (QED) is 0.191. The topological polar surface area (TPSA) is 41.4 Å². The first-order chi connectivity index (χ1) is 26.8. The van der Waals surface area contributed by atoms with Gasteiger partial charge in [0.25, 0.3) is 0 Å². The van der Waals surface area contributed by atoms with Crippen LogP contribution in [0.2, 0.25) is 0 Å². The molecule has 2 aliphatic rings. The zero-order chi connectivity index (χ0) is 35.6. The number of amidine groups is 1. The first kappa shape index (κ1) is 31.2. The highest BCUT2D eigenvalue weighted by atomic mass is 32.2. The summed E-state index contributed by atoms with van der Waals surface area (Å²) in [4.78, 5) is 7.74. The molecule has 5 heteroatoms. The molecule has 4 nitrogen and oxygen atoms in total. The Labute approximate surface area is 317 Å². The molecule has 3 heterocycles. The van der Waals surface area contributed by atoms with Crippen molar-refractivity contribution in [2.75, 3.05) is 0 Å². The van der Waals surface area contributed by atoms with Gasteiger partial charge in [-0.2, -0.15) is 0 Å². The van der Waals surface area contributed by atoms with Gasteiger partial charge in [0.1, 0.15) is 18.2 Å². The largest absolute Gasteiger partial charge is 0.350 e. The molecule has 0 bridgehead atoms. The minimum absolute atomic E-state index is 0.0859. The molecule has 1 aromatic heterocycles. The first-order valence-electron chi connectivity index (χ1n) is 18.4. The van der Waals surface area contributed by atoms with E-state index in [1.165, 1.54) is 70.2 Å². The molecular weight excluding hydrogens is 677 g/mol. The third-order valence-corrected chi connectivity index (χ3v) is 12.0. The molecule has 0 saturated carbocycles. The minimum Gasteiger partial charge on any atom is -0.350 e. The van der Waals surface area contributed by atoms with E-state index in [-0.39, 0.29) is 12.3 Å². The molecule has 2 N–H and O–H groups in total. The van der Waals surface area contributed by atoms with Crippen molar-refractivity contribution in [3.63, 3.8) is 0 Å². The molecule has 8 aromatic carbocycles. The third-order valence-electron chi connectivity index (χ3n) is 10.9. The summed E-state index contributed by atoms with van der Waals surface area (Å²) in [6, 6.07) is 65.8. The van der Waals surface area contributed by atoms with E-state index in [1.807, 2.05) is 17.8 Å². The van der Waals surface area contributed by atoms with Crippen LogP contribution in [0.3, 0.4) is 0 Å². The van der Waals surface area contributed by atoms with Gasteiger partial charge in [-0.05, 0) is 80.6 Å². The van der Waals surface area contributed by atoms with Crippen LogP contribution in [-0.4, -0.2) is 10.4 Å². The standard InChI is InChI=1S/C49H34N4S/c1-3-14-32(15-4-1)47-50-48(33-16-5-2-6-17-33)52-49(51-47)34-23-26-35(27-24-34)53-42-28-25-31-13-7-8-18-36(31)46(42)41-29-40-38-20-10-9-19-37(38)39-21-11-12-22-44(39)54-45(40)30-43(41)53/h1-30,47,49,51H,(H,50,52). The molecule has 2 unspecified atom stereocenters. The second-order valence-electron chi connectivity index (χ2n) is 14.0. The Kier molecular flexibility index (Phi) is 7.29. The molecular formula is C49H34N4S. The molecule has 0 amide bonds. The van der Waals surface area contributed by atoms with E-state index in [0.717, 1.165) is 22.6 Å². The number of nitrogens with one attached hydrogen (secondary N) is 2. The van der Waals surface area contributed by atoms with Gasteiger partial charge in [-0.1, -0.05) is 157 Å². The normalized spacial score (nSPS) is 16.3. The highest BCUT2D eigenvalue weighted by Gasteiger charge is 2.27. The molecule has 2 aliphatic heterocycles. The van der Waals surface area contributed by atoms with E-state index < -0.39 is 0 Å². The molecule has 11 rings (SSSR count). The van der Waals surface area contributed by atoms with Crippen molar-refractivity contribution in [2.45, 2.75) is 22.1 Å². The number of aliphatic imine (C=N–C) groups is 1. The summed E-state index contributed by atoms with van der Waals surface area (Å²) >= 11 is 1.87. The van der Waals surface area contributed by atoms with Gasteiger partial charge in [0, 0.05) is 31.8 Å². The second kappa shape index (κ2) is 12.6. The molecule has 0 radical (unpaired) electrons. The van der Waals surface area contributed by atoms with Crippen LogP contribution >= 0.6 is 11.8 Å². The van der Waals surface area contributed by atoms with Gasteiger partial charge in [0.15, 0.2) is 0 Å². The third kappa shape index (κ3) is 5.08. The monoisotopic (exact) mass is 710 g/mol. The van der Waals surface area contributed by atoms with Crippen LogP contribution in [0.4, 0.5) is 0 Å². The molecule has 54 heavy (non-hydrogen) atoms. The Morgan fingerprint density at radius 1 is 0.500 bits per heavy atom. The molecule has 0 aliphatic carbocycles. The fourth-order valence-electron chi connectivity index (χ4n) is 8.33. The predicted molar refractivity (Wildman–Crippen MR) is 224 cm³/mol. The fraction of sp³-hybridized carbons (Fsp3) is 0.0408. The summed E-state index contributed by atoms with van der Waals surface area (Å²) in [5, 5.41) is 12.5. The van der Waals surface area contributed by atoms with Crippen molar-refractivity contribution in [3.8, 4) is 27.9 Å². The maximum absolute atomic E-state index is 5.20. The summed E-state index contributed by atoms with van der Waals surface area (Å²) < 4.78 is 2.45. The summed E-state index contributed by atoms with van der Waals surface area (Å²) in [5.41, 5.74) is 12.0. The van der Waals surface area contributed by atoms with Gasteiger partial charge in [0.05, 0.1) is 11.0 Å². The van der Waals surface area contributed by atoms with Gasteiger partial charge < -0.3 is 9.88 Å². The molecule has 0 fully saturated rings. The molecule has 9 aromatic rings. The van der Waals surface area contributed by atoms with Crippen molar-refractivity contribution in [2.24, 2.45) is 4.99 Å². The van der Waals surface area contributed by atoms with Crippen LogP contribution in [0, 0.1) is 0 Å². The van der Waals surface area contributed by atoms with Crippen LogP contribution in [0.15, 0.2) is 197 Å². The lowest BCUT2D eigenvalue weighted by molar-refractivity contribution is 0.409. The Morgan fingerprint density at radius 3 is 2.00 bits per heavy atom. The minimum atomic E-state index is -0.227. The van der Waals surface area contributed by atoms with Crippen LogP contribution < -0.4 is 10.6 Å².